The summed E-state index contributed by atoms with van der Waals surface area (Å²) in [6.45, 7) is 3.99. The van der Waals surface area contributed by atoms with Crippen LogP contribution in [0.3, 0.4) is 0 Å². The van der Waals surface area contributed by atoms with Gasteiger partial charge in [-0.1, -0.05) is 11.6 Å². The van der Waals surface area contributed by atoms with E-state index in [1.807, 2.05) is 0 Å². The second-order valence-electron chi connectivity index (χ2n) is 4.69. The first-order valence-electron chi connectivity index (χ1n) is 6.51. The topological polar surface area (TPSA) is 49.9 Å². The van der Waals surface area contributed by atoms with Crippen LogP contribution in [-0.2, 0) is 14.8 Å². The van der Waals surface area contributed by atoms with Gasteiger partial charge in [0.25, 0.3) is 0 Å². The zero-order valence-corrected chi connectivity index (χ0v) is 13.0. The fourth-order valence-electron chi connectivity index (χ4n) is 2.17. The molecule has 1 aliphatic heterocycles. The largest absolute Gasteiger partial charge is 0.383 e. The lowest BCUT2D eigenvalue weighted by Gasteiger charge is -2.33. The van der Waals surface area contributed by atoms with Gasteiger partial charge in [0.15, 0.2) is 0 Å². The fraction of sp³-hybridized carbons (Fsp3) is 0.538. The van der Waals surface area contributed by atoms with Crippen LogP contribution in [-0.4, -0.2) is 64.1 Å². The third-order valence-corrected chi connectivity index (χ3v) is 5.56. The minimum absolute atomic E-state index is 0.298. The predicted molar refractivity (Wildman–Crippen MR) is 78.5 cm³/mol. The average molecular weight is 319 g/mol. The lowest BCUT2D eigenvalue weighted by molar-refractivity contribution is 0.123. The SMILES string of the molecule is COCCN1CCN(S(=O)(=O)c2ccc(Cl)cc2)CC1. The number of sulfonamides is 1. The molecule has 112 valence electrons. The van der Waals surface area contributed by atoms with Gasteiger partial charge in [0.05, 0.1) is 11.5 Å². The number of hydrogen-bond acceptors (Lipinski definition) is 4. The van der Waals surface area contributed by atoms with Crippen LogP contribution in [0.25, 0.3) is 0 Å². The van der Waals surface area contributed by atoms with E-state index >= 15 is 0 Å². The van der Waals surface area contributed by atoms with Crippen LogP contribution in [0.1, 0.15) is 0 Å². The normalized spacial score (nSPS) is 18.3. The quantitative estimate of drug-likeness (QED) is 0.821. The number of piperazine rings is 1. The maximum atomic E-state index is 12.5. The molecule has 7 heteroatoms. The Kier molecular flexibility index (Phi) is 5.40. The molecule has 0 spiro atoms. The molecule has 0 N–H and O–H groups in total. The number of benzene rings is 1. The molecule has 1 fully saturated rings. The zero-order chi connectivity index (χ0) is 14.6. The van der Waals surface area contributed by atoms with E-state index in [1.165, 1.54) is 4.31 Å². The molecule has 0 unspecified atom stereocenters. The van der Waals surface area contributed by atoms with Crippen LogP contribution < -0.4 is 0 Å². The van der Waals surface area contributed by atoms with Crippen LogP contribution in [0.2, 0.25) is 5.02 Å². The van der Waals surface area contributed by atoms with Gasteiger partial charge in [0, 0.05) is 44.9 Å². The van der Waals surface area contributed by atoms with Gasteiger partial charge in [-0.05, 0) is 24.3 Å². The lowest BCUT2D eigenvalue weighted by atomic mass is 10.3. The van der Waals surface area contributed by atoms with Crippen molar-refractivity contribution >= 4 is 21.6 Å². The Labute approximate surface area is 125 Å². The van der Waals surface area contributed by atoms with Gasteiger partial charge in [-0.15, -0.1) is 0 Å². The van der Waals surface area contributed by atoms with E-state index in [1.54, 1.807) is 31.4 Å². The summed E-state index contributed by atoms with van der Waals surface area (Å²) in [7, 11) is -1.74. The molecule has 20 heavy (non-hydrogen) atoms. The molecule has 0 radical (unpaired) electrons. The van der Waals surface area contributed by atoms with E-state index in [2.05, 4.69) is 4.90 Å². The molecule has 0 saturated carbocycles. The minimum atomic E-state index is -3.41. The van der Waals surface area contributed by atoms with Crippen LogP contribution in [0.4, 0.5) is 0 Å². The summed E-state index contributed by atoms with van der Waals surface area (Å²) in [5.41, 5.74) is 0. The Morgan fingerprint density at radius 3 is 2.30 bits per heavy atom. The number of hydrogen-bond donors (Lipinski definition) is 0. The van der Waals surface area contributed by atoms with Crippen molar-refractivity contribution in [3.8, 4) is 0 Å². The monoisotopic (exact) mass is 318 g/mol. The first-order valence-corrected chi connectivity index (χ1v) is 8.33. The van der Waals surface area contributed by atoms with Crippen LogP contribution in [0.5, 0.6) is 0 Å². The summed E-state index contributed by atoms with van der Waals surface area (Å²) in [5, 5.41) is 0.535. The Bertz CT molecular complexity index is 525. The number of nitrogens with zero attached hydrogens (tertiary/aromatic N) is 2. The van der Waals surface area contributed by atoms with Crippen LogP contribution >= 0.6 is 11.6 Å². The summed E-state index contributed by atoms with van der Waals surface area (Å²) < 4.78 is 31.5. The zero-order valence-electron chi connectivity index (χ0n) is 11.5. The van der Waals surface area contributed by atoms with Crippen molar-refractivity contribution in [1.29, 1.82) is 0 Å². The smallest absolute Gasteiger partial charge is 0.243 e. The molecular weight excluding hydrogens is 300 g/mol. The predicted octanol–water partition coefficient (Wildman–Crippen LogP) is 1.29. The van der Waals surface area contributed by atoms with Gasteiger partial charge in [-0.2, -0.15) is 4.31 Å². The van der Waals surface area contributed by atoms with E-state index in [9.17, 15) is 8.42 Å². The molecule has 2 rings (SSSR count). The first-order chi connectivity index (χ1) is 9.54. The van der Waals surface area contributed by atoms with E-state index in [0.717, 1.165) is 19.6 Å². The maximum absolute atomic E-state index is 12.5. The van der Waals surface area contributed by atoms with E-state index in [0.29, 0.717) is 29.6 Å². The number of ether oxygens (including phenoxy) is 1. The van der Waals surface area contributed by atoms with Crippen molar-refractivity contribution in [3.63, 3.8) is 0 Å². The summed E-state index contributed by atoms with van der Waals surface area (Å²) >= 11 is 5.79. The number of rotatable bonds is 5. The Balaban J connectivity index is 2.00. The van der Waals surface area contributed by atoms with Crippen molar-refractivity contribution in [3.05, 3.63) is 29.3 Å². The highest BCUT2D eigenvalue weighted by Gasteiger charge is 2.28. The van der Waals surface area contributed by atoms with Gasteiger partial charge >= 0.3 is 0 Å². The third-order valence-electron chi connectivity index (χ3n) is 3.39. The summed E-state index contributed by atoms with van der Waals surface area (Å²) in [5.74, 6) is 0. The molecule has 5 nitrogen and oxygen atoms in total. The summed E-state index contributed by atoms with van der Waals surface area (Å²) in [4.78, 5) is 2.50. The lowest BCUT2D eigenvalue weighted by Crippen LogP contribution is -2.49. The molecule has 0 atom stereocenters. The van der Waals surface area contributed by atoms with Crippen molar-refractivity contribution in [1.82, 2.24) is 9.21 Å². The van der Waals surface area contributed by atoms with Gasteiger partial charge in [0.1, 0.15) is 0 Å². The van der Waals surface area contributed by atoms with Crippen molar-refractivity contribution in [2.45, 2.75) is 4.90 Å². The summed E-state index contributed by atoms with van der Waals surface area (Å²) in [6, 6.07) is 6.30. The molecule has 1 heterocycles. The van der Waals surface area contributed by atoms with Crippen LogP contribution in [0, 0.1) is 0 Å². The molecular formula is C13H19ClN2O3S. The Hall–Kier alpha value is -0.660. The molecule has 1 aromatic carbocycles. The van der Waals surface area contributed by atoms with Crippen LogP contribution in [0.15, 0.2) is 29.2 Å². The van der Waals surface area contributed by atoms with E-state index in [4.69, 9.17) is 16.3 Å². The molecule has 0 bridgehead atoms. The highest BCUT2D eigenvalue weighted by Crippen LogP contribution is 2.19. The van der Waals surface area contributed by atoms with E-state index in [-0.39, 0.29) is 0 Å². The highest BCUT2D eigenvalue weighted by atomic mass is 35.5. The molecule has 1 aliphatic rings. The van der Waals surface area contributed by atoms with E-state index < -0.39 is 10.0 Å². The highest BCUT2D eigenvalue weighted by molar-refractivity contribution is 7.89. The Morgan fingerprint density at radius 1 is 1.15 bits per heavy atom. The van der Waals surface area contributed by atoms with Gasteiger partial charge in [-0.3, -0.25) is 4.90 Å². The fourth-order valence-corrected chi connectivity index (χ4v) is 3.72. The van der Waals surface area contributed by atoms with Crippen molar-refractivity contribution in [2.24, 2.45) is 0 Å². The van der Waals surface area contributed by atoms with Crippen molar-refractivity contribution in [2.75, 3.05) is 46.4 Å². The van der Waals surface area contributed by atoms with Gasteiger partial charge in [0.2, 0.25) is 10.0 Å². The minimum Gasteiger partial charge on any atom is -0.383 e. The molecule has 1 saturated heterocycles. The molecule has 1 aromatic rings. The number of halogens is 1. The van der Waals surface area contributed by atoms with Crippen molar-refractivity contribution < 1.29 is 13.2 Å². The molecule has 0 amide bonds. The summed E-state index contributed by atoms with van der Waals surface area (Å²) in [6.07, 6.45) is 0. The standard InChI is InChI=1S/C13H19ClN2O3S/c1-19-11-10-15-6-8-16(9-7-15)20(17,18)13-4-2-12(14)3-5-13/h2-5H,6-11H2,1H3. The Morgan fingerprint density at radius 2 is 1.75 bits per heavy atom. The molecule has 0 aliphatic carbocycles. The average Bonchev–Trinajstić information content (AvgIpc) is 2.46. The van der Waals surface area contributed by atoms with Gasteiger partial charge < -0.3 is 4.74 Å². The maximum Gasteiger partial charge on any atom is 0.243 e. The van der Waals surface area contributed by atoms with Gasteiger partial charge in [-0.25, -0.2) is 8.42 Å². The first kappa shape index (κ1) is 15.7. The molecule has 0 aromatic heterocycles. The second kappa shape index (κ2) is 6.87. The second-order valence-corrected chi connectivity index (χ2v) is 7.07. The third kappa shape index (κ3) is 3.71. The number of methoxy groups -OCH3 is 1.